The number of esters is 1. The van der Waals surface area contributed by atoms with Crippen molar-refractivity contribution in [1.29, 1.82) is 0 Å². The molecule has 0 atom stereocenters. The molecule has 0 unspecified atom stereocenters. The Morgan fingerprint density at radius 1 is 0.933 bits per heavy atom. The molecule has 5 heteroatoms. The maximum absolute atomic E-state index is 12.2. The predicted molar refractivity (Wildman–Crippen MR) is 121 cm³/mol. The number of carbonyl (C=O) groups excluding carboxylic acids is 1. The molecule has 0 spiro atoms. The SMILES string of the molecule is C=CCCCCCCCCOC(=O)c1cccc(OCOc2ccc(NC)cc2)c1. The van der Waals surface area contributed by atoms with Gasteiger partial charge in [0.15, 0.2) is 0 Å². The number of allylic oxidation sites excluding steroid dienone is 1. The fourth-order valence-corrected chi connectivity index (χ4v) is 2.94. The van der Waals surface area contributed by atoms with Crippen LogP contribution < -0.4 is 14.8 Å². The standard InChI is InChI=1S/C25H33NO4/c1-3-4-5-6-7-8-9-10-18-28-25(27)21-12-11-13-24(19-21)30-20-29-23-16-14-22(26-2)15-17-23/h3,11-17,19,26H,1,4-10,18,20H2,2H3. The summed E-state index contributed by atoms with van der Waals surface area (Å²) in [6.07, 6.45) is 9.89. The summed E-state index contributed by atoms with van der Waals surface area (Å²) in [5.41, 5.74) is 1.49. The number of unbranched alkanes of at least 4 members (excludes halogenated alkanes) is 6. The summed E-state index contributed by atoms with van der Waals surface area (Å²) >= 11 is 0. The molecule has 1 N–H and O–H groups in total. The summed E-state index contributed by atoms with van der Waals surface area (Å²) in [7, 11) is 1.86. The van der Waals surface area contributed by atoms with E-state index in [9.17, 15) is 4.79 Å². The summed E-state index contributed by atoms with van der Waals surface area (Å²) in [4.78, 5) is 12.2. The van der Waals surface area contributed by atoms with Gasteiger partial charge in [-0.15, -0.1) is 6.58 Å². The molecule has 0 heterocycles. The lowest BCUT2D eigenvalue weighted by Gasteiger charge is -2.10. The second-order valence-corrected chi connectivity index (χ2v) is 7.04. The first-order valence-electron chi connectivity index (χ1n) is 10.6. The van der Waals surface area contributed by atoms with Crippen LogP contribution >= 0.6 is 0 Å². The first kappa shape index (κ1) is 23.3. The van der Waals surface area contributed by atoms with Crippen LogP contribution in [0.15, 0.2) is 61.2 Å². The fourth-order valence-electron chi connectivity index (χ4n) is 2.94. The van der Waals surface area contributed by atoms with E-state index in [4.69, 9.17) is 14.2 Å². The maximum atomic E-state index is 12.2. The van der Waals surface area contributed by atoms with Gasteiger partial charge in [-0.3, -0.25) is 0 Å². The molecule has 2 aromatic rings. The lowest BCUT2D eigenvalue weighted by molar-refractivity contribution is 0.0496. The lowest BCUT2D eigenvalue weighted by atomic mass is 10.1. The molecule has 0 aliphatic heterocycles. The second kappa shape index (κ2) is 14.1. The van der Waals surface area contributed by atoms with Gasteiger partial charge in [0.05, 0.1) is 12.2 Å². The quantitative estimate of drug-likeness (QED) is 0.163. The number of carbonyl (C=O) groups is 1. The summed E-state index contributed by atoms with van der Waals surface area (Å²) in [5.74, 6) is 0.955. The molecule has 30 heavy (non-hydrogen) atoms. The molecule has 0 fully saturated rings. The molecule has 0 amide bonds. The Morgan fingerprint density at radius 3 is 2.37 bits per heavy atom. The van der Waals surface area contributed by atoms with Crippen molar-refractivity contribution in [2.75, 3.05) is 25.8 Å². The first-order valence-corrected chi connectivity index (χ1v) is 10.6. The Hall–Kier alpha value is -2.95. The molecule has 162 valence electrons. The molecular weight excluding hydrogens is 378 g/mol. The molecule has 0 aromatic heterocycles. The Labute approximate surface area is 180 Å². The van der Waals surface area contributed by atoms with Crippen molar-refractivity contribution in [2.24, 2.45) is 0 Å². The molecular formula is C25H33NO4. The van der Waals surface area contributed by atoms with Crippen molar-refractivity contribution in [3.8, 4) is 11.5 Å². The number of hydrogen-bond donors (Lipinski definition) is 1. The summed E-state index contributed by atoms with van der Waals surface area (Å²) in [5, 5.41) is 3.05. The average molecular weight is 412 g/mol. The minimum atomic E-state index is -0.324. The summed E-state index contributed by atoms with van der Waals surface area (Å²) in [6.45, 7) is 4.24. The molecule has 0 saturated heterocycles. The zero-order chi connectivity index (χ0) is 21.4. The molecule has 0 radical (unpaired) electrons. The van der Waals surface area contributed by atoms with Gasteiger partial charge in [0.2, 0.25) is 6.79 Å². The summed E-state index contributed by atoms with van der Waals surface area (Å²) in [6, 6.07) is 14.5. The van der Waals surface area contributed by atoms with Crippen LogP contribution in [0.5, 0.6) is 11.5 Å². The number of benzene rings is 2. The first-order chi connectivity index (χ1) is 14.7. The predicted octanol–water partition coefficient (Wildman–Crippen LogP) is 6.22. The van der Waals surface area contributed by atoms with Crippen molar-refractivity contribution in [3.63, 3.8) is 0 Å². The monoisotopic (exact) mass is 411 g/mol. The van der Waals surface area contributed by atoms with E-state index >= 15 is 0 Å². The van der Waals surface area contributed by atoms with Crippen molar-refractivity contribution in [3.05, 3.63) is 66.7 Å². The van der Waals surface area contributed by atoms with Crippen LogP contribution in [0.2, 0.25) is 0 Å². The number of ether oxygens (including phenoxy) is 3. The number of hydrogen-bond acceptors (Lipinski definition) is 5. The van der Waals surface area contributed by atoms with Crippen molar-refractivity contribution in [2.45, 2.75) is 44.9 Å². The van der Waals surface area contributed by atoms with Gasteiger partial charge in [0.25, 0.3) is 0 Å². The van der Waals surface area contributed by atoms with Crippen LogP contribution in [0, 0.1) is 0 Å². The van der Waals surface area contributed by atoms with E-state index in [0.717, 1.165) is 24.9 Å². The molecule has 0 saturated carbocycles. The van der Waals surface area contributed by atoms with Crippen LogP contribution in [0.3, 0.4) is 0 Å². The smallest absolute Gasteiger partial charge is 0.338 e. The van der Waals surface area contributed by atoms with Gasteiger partial charge in [-0.1, -0.05) is 37.8 Å². The normalized spacial score (nSPS) is 10.3. The van der Waals surface area contributed by atoms with Gasteiger partial charge >= 0.3 is 5.97 Å². The third-order valence-electron chi connectivity index (χ3n) is 4.70. The Bertz CT molecular complexity index is 758. The van der Waals surface area contributed by atoms with Crippen LogP contribution in [0.4, 0.5) is 5.69 Å². The zero-order valence-corrected chi connectivity index (χ0v) is 17.9. The minimum Gasteiger partial charge on any atom is -0.462 e. The van der Waals surface area contributed by atoms with E-state index in [0.29, 0.717) is 23.7 Å². The van der Waals surface area contributed by atoms with E-state index in [1.54, 1.807) is 24.3 Å². The maximum Gasteiger partial charge on any atom is 0.338 e. The van der Waals surface area contributed by atoms with E-state index in [-0.39, 0.29) is 12.8 Å². The van der Waals surface area contributed by atoms with Gasteiger partial charge in [0.1, 0.15) is 11.5 Å². The third-order valence-corrected chi connectivity index (χ3v) is 4.70. The highest BCUT2D eigenvalue weighted by molar-refractivity contribution is 5.89. The number of anilines is 1. The van der Waals surface area contributed by atoms with E-state index in [1.165, 1.54) is 25.7 Å². The van der Waals surface area contributed by atoms with Gasteiger partial charge in [0, 0.05) is 12.7 Å². The van der Waals surface area contributed by atoms with Gasteiger partial charge in [-0.25, -0.2) is 4.79 Å². The fraction of sp³-hybridized carbons (Fsp3) is 0.400. The number of nitrogens with one attached hydrogen (secondary N) is 1. The highest BCUT2D eigenvalue weighted by Crippen LogP contribution is 2.17. The lowest BCUT2D eigenvalue weighted by Crippen LogP contribution is -2.08. The molecule has 0 aliphatic rings. The third kappa shape index (κ3) is 9.03. The van der Waals surface area contributed by atoms with Crippen molar-refractivity contribution >= 4 is 11.7 Å². The Morgan fingerprint density at radius 2 is 1.63 bits per heavy atom. The Kier molecular flexibility index (Phi) is 11.0. The molecule has 0 bridgehead atoms. The zero-order valence-electron chi connectivity index (χ0n) is 17.9. The average Bonchev–Trinajstić information content (AvgIpc) is 2.78. The molecule has 0 aliphatic carbocycles. The van der Waals surface area contributed by atoms with Crippen LogP contribution in [0.25, 0.3) is 0 Å². The van der Waals surface area contributed by atoms with Crippen LogP contribution in [0.1, 0.15) is 55.3 Å². The molecule has 5 nitrogen and oxygen atoms in total. The van der Waals surface area contributed by atoms with Crippen molar-refractivity contribution < 1.29 is 19.0 Å². The van der Waals surface area contributed by atoms with Crippen LogP contribution in [-0.2, 0) is 4.74 Å². The topological polar surface area (TPSA) is 56.8 Å². The van der Waals surface area contributed by atoms with E-state index in [2.05, 4.69) is 11.9 Å². The van der Waals surface area contributed by atoms with Gasteiger partial charge in [-0.2, -0.15) is 0 Å². The molecule has 2 aromatic carbocycles. The van der Waals surface area contributed by atoms with Crippen molar-refractivity contribution in [1.82, 2.24) is 0 Å². The second-order valence-electron chi connectivity index (χ2n) is 7.04. The van der Waals surface area contributed by atoms with Gasteiger partial charge in [-0.05, 0) is 61.7 Å². The minimum absolute atomic E-state index is 0.0597. The highest BCUT2D eigenvalue weighted by atomic mass is 16.7. The van der Waals surface area contributed by atoms with E-state index in [1.807, 2.05) is 37.4 Å². The summed E-state index contributed by atoms with van der Waals surface area (Å²) < 4.78 is 16.6. The highest BCUT2D eigenvalue weighted by Gasteiger charge is 2.08. The molecule has 2 rings (SSSR count). The van der Waals surface area contributed by atoms with Gasteiger partial charge < -0.3 is 19.5 Å². The number of rotatable bonds is 15. The Balaban J connectivity index is 1.64. The van der Waals surface area contributed by atoms with E-state index < -0.39 is 0 Å². The largest absolute Gasteiger partial charge is 0.462 e. The van der Waals surface area contributed by atoms with Crippen LogP contribution in [-0.4, -0.2) is 26.4 Å².